The van der Waals surface area contributed by atoms with E-state index in [1.165, 1.54) is 51.4 Å². The standard InChI is InChI=1S/C51H90NO10P/c1-6-8-10-12-14-16-18-20-21-22-23-24-25-26-27-29-31-33-35-37-41-51(56)62-47(46-61-63(57,58)60-44-43-52(3,4)5)45-59-50(55)42-38-40-49(54)48(53)39-36-34-32-30-28-19-17-15-13-11-9-7-2/h15-18,21-22,24-25,28,30,34,36,47-49,53-54H,6-14,19-20,23,26-27,29,31-33,35,37-46H2,1-5H3/b17-15-,18-16-,22-21-,25-24-,30-28-,36-34-/t47-,48?,49?/m1/s1. The molecule has 0 aromatic carbocycles. The summed E-state index contributed by atoms with van der Waals surface area (Å²) in [5.74, 6) is -1.14. The number of quaternary nitrogens is 1. The minimum atomic E-state index is -4.71. The van der Waals surface area contributed by atoms with Crippen LogP contribution in [-0.4, -0.2) is 92.5 Å². The van der Waals surface area contributed by atoms with Crippen molar-refractivity contribution in [3.8, 4) is 0 Å². The molecule has 0 rings (SSSR count). The predicted molar refractivity (Wildman–Crippen MR) is 257 cm³/mol. The molecule has 0 aliphatic carbocycles. The van der Waals surface area contributed by atoms with E-state index >= 15 is 0 Å². The Kier molecular flexibility index (Phi) is 40.3. The van der Waals surface area contributed by atoms with Crippen LogP contribution in [0.4, 0.5) is 0 Å². The average molecular weight is 908 g/mol. The number of carbonyl (C=O) groups is 2. The van der Waals surface area contributed by atoms with Gasteiger partial charge in [-0.1, -0.05) is 145 Å². The van der Waals surface area contributed by atoms with Crippen molar-refractivity contribution in [2.24, 2.45) is 0 Å². The summed E-state index contributed by atoms with van der Waals surface area (Å²) >= 11 is 0. The molecule has 0 aromatic heterocycles. The van der Waals surface area contributed by atoms with Gasteiger partial charge in [0.15, 0.2) is 6.10 Å². The number of unbranched alkanes of at least 4 members (excludes halogenated alkanes) is 13. The van der Waals surface area contributed by atoms with E-state index in [0.29, 0.717) is 23.9 Å². The second-order valence-corrected chi connectivity index (χ2v) is 18.8. The van der Waals surface area contributed by atoms with Crippen LogP contribution in [0.1, 0.15) is 174 Å². The first-order valence-corrected chi connectivity index (χ1v) is 25.8. The second-order valence-electron chi connectivity index (χ2n) is 17.4. The SMILES string of the molecule is CCCCC/C=C\C/C=C\C/C=C\CC(O)C(O)CCCC(=O)OC[C@H](COP(=O)([O-])OCC[N+](C)(C)C)OC(=O)CCCCCCCC/C=C\C/C=C\C/C=C\CCCCCC. The Bertz CT molecular complexity index is 1340. The fourth-order valence-electron chi connectivity index (χ4n) is 6.18. The normalized spacial score (nSPS) is 15.1. The number of nitrogens with zero attached hydrogens (tertiary/aromatic N) is 1. The number of hydrogen-bond acceptors (Lipinski definition) is 10. The first-order valence-electron chi connectivity index (χ1n) is 24.3. The molecule has 0 amide bonds. The lowest BCUT2D eigenvalue weighted by molar-refractivity contribution is -0.870. The van der Waals surface area contributed by atoms with Gasteiger partial charge < -0.3 is 38.1 Å². The molecule has 2 N–H and O–H groups in total. The van der Waals surface area contributed by atoms with Crippen LogP contribution in [0.2, 0.25) is 0 Å². The van der Waals surface area contributed by atoms with Crippen molar-refractivity contribution in [2.75, 3.05) is 47.5 Å². The number of aliphatic hydroxyl groups excluding tert-OH is 2. The molecule has 12 heteroatoms. The maximum atomic E-state index is 12.7. The zero-order valence-corrected chi connectivity index (χ0v) is 41.1. The number of allylic oxidation sites excluding steroid dienone is 11. The van der Waals surface area contributed by atoms with Crippen LogP contribution in [0.25, 0.3) is 0 Å². The van der Waals surface area contributed by atoms with Crippen LogP contribution in [0.3, 0.4) is 0 Å². The lowest BCUT2D eigenvalue weighted by atomic mass is 10.0. The Balaban J connectivity index is 4.56. The molecule has 11 nitrogen and oxygen atoms in total. The van der Waals surface area contributed by atoms with Gasteiger partial charge >= 0.3 is 11.9 Å². The summed E-state index contributed by atoms with van der Waals surface area (Å²) in [6.45, 7) is 3.82. The Hall–Kier alpha value is -2.63. The van der Waals surface area contributed by atoms with E-state index in [0.717, 1.165) is 70.6 Å². The fraction of sp³-hybridized carbons (Fsp3) is 0.725. The van der Waals surface area contributed by atoms with Gasteiger partial charge in [0.2, 0.25) is 0 Å². The lowest BCUT2D eigenvalue weighted by Crippen LogP contribution is -2.37. The number of hydrogen-bond donors (Lipinski definition) is 2. The molecule has 0 spiro atoms. The highest BCUT2D eigenvalue weighted by atomic mass is 31.2. The molecule has 0 bridgehead atoms. The fourth-order valence-corrected chi connectivity index (χ4v) is 6.90. The van der Waals surface area contributed by atoms with E-state index in [4.69, 9.17) is 18.5 Å². The number of esters is 2. The van der Waals surface area contributed by atoms with Gasteiger partial charge in [0.25, 0.3) is 7.82 Å². The molecular weight excluding hydrogens is 818 g/mol. The number of phosphoric acid groups is 1. The Labute approximate surface area is 384 Å². The zero-order valence-electron chi connectivity index (χ0n) is 40.2. The maximum Gasteiger partial charge on any atom is 0.306 e. The second kappa shape index (κ2) is 42.0. The molecule has 0 radical (unpaired) electrons. The predicted octanol–water partition coefficient (Wildman–Crippen LogP) is 11.5. The Morgan fingerprint density at radius 3 is 1.59 bits per heavy atom. The van der Waals surface area contributed by atoms with Crippen molar-refractivity contribution in [1.82, 2.24) is 0 Å². The van der Waals surface area contributed by atoms with Gasteiger partial charge in [-0.05, 0) is 89.9 Å². The number of aliphatic hydroxyl groups is 2. The van der Waals surface area contributed by atoms with Crippen LogP contribution in [0.15, 0.2) is 72.9 Å². The van der Waals surface area contributed by atoms with Crippen LogP contribution in [0.5, 0.6) is 0 Å². The molecule has 0 aliphatic heterocycles. The monoisotopic (exact) mass is 908 g/mol. The average Bonchev–Trinajstić information content (AvgIpc) is 3.23. The highest BCUT2D eigenvalue weighted by Gasteiger charge is 2.22. The largest absolute Gasteiger partial charge is 0.756 e. The summed E-state index contributed by atoms with van der Waals surface area (Å²) in [6.07, 6.45) is 45.2. The molecule has 0 aromatic rings. The first-order chi connectivity index (χ1) is 30.3. The molecule has 63 heavy (non-hydrogen) atoms. The molecule has 0 saturated heterocycles. The van der Waals surface area contributed by atoms with E-state index in [1.54, 1.807) is 0 Å². The number of rotatable bonds is 43. The maximum absolute atomic E-state index is 12.7. The molecular formula is C51H90NO10P. The van der Waals surface area contributed by atoms with Gasteiger partial charge in [-0.2, -0.15) is 0 Å². The third-order valence-electron chi connectivity index (χ3n) is 10.1. The van der Waals surface area contributed by atoms with E-state index < -0.39 is 51.3 Å². The molecule has 0 saturated carbocycles. The van der Waals surface area contributed by atoms with Crippen molar-refractivity contribution in [2.45, 2.75) is 193 Å². The molecule has 364 valence electrons. The Morgan fingerprint density at radius 1 is 0.571 bits per heavy atom. The van der Waals surface area contributed by atoms with Crippen molar-refractivity contribution in [1.29, 1.82) is 0 Å². The van der Waals surface area contributed by atoms with E-state index in [1.807, 2.05) is 33.3 Å². The van der Waals surface area contributed by atoms with Gasteiger partial charge in [-0.3, -0.25) is 14.2 Å². The lowest BCUT2D eigenvalue weighted by Gasteiger charge is -2.28. The zero-order chi connectivity index (χ0) is 46.7. The molecule has 0 fully saturated rings. The summed E-state index contributed by atoms with van der Waals surface area (Å²) in [4.78, 5) is 37.7. The van der Waals surface area contributed by atoms with Crippen LogP contribution >= 0.6 is 7.82 Å². The highest BCUT2D eigenvalue weighted by Crippen LogP contribution is 2.38. The first kappa shape index (κ1) is 60.4. The summed E-state index contributed by atoms with van der Waals surface area (Å²) in [5, 5.41) is 20.8. The minimum absolute atomic E-state index is 0.0434. The molecule has 0 aliphatic rings. The molecule has 0 heterocycles. The summed E-state index contributed by atoms with van der Waals surface area (Å²) < 4.78 is 33.7. The van der Waals surface area contributed by atoms with E-state index in [9.17, 15) is 29.3 Å². The molecule has 3 unspecified atom stereocenters. The third kappa shape index (κ3) is 44.4. The number of ether oxygens (including phenoxy) is 2. The van der Waals surface area contributed by atoms with Crippen molar-refractivity contribution in [3.05, 3.63) is 72.9 Å². The van der Waals surface area contributed by atoms with Gasteiger partial charge in [0, 0.05) is 12.8 Å². The van der Waals surface area contributed by atoms with Crippen LogP contribution in [-0.2, 0) is 32.7 Å². The molecule has 4 atom stereocenters. The number of phosphoric ester groups is 1. The Morgan fingerprint density at radius 2 is 1.03 bits per heavy atom. The number of likely N-dealkylation sites (N-methyl/N-ethyl adjacent to an activating group) is 1. The topological polar surface area (TPSA) is 152 Å². The van der Waals surface area contributed by atoms with Crippen LogP contribution in [0, 0.1) is 0 Å². The minimum Gasteiger partial charge on any atom is -0.756 e. The van der Waals surface area contributed by atoms with Gasteiger partial charge in [0.1, 0.15) is 19.8 Å². The quantitative estimate of drug-likeness (QED) is 0.0199. The summed E-state index contributed by atoms with van der Waals surface area (Å²) in [7, 11) is 0.993. The summed E-state index contributed by atoms with van der Waals surface area (Å²) in [5.41, 5.74) is 0. The van der Waals surface area contributed by atoms with E-state index in [-0.39, 0.29) is 32.3 Å². The van der Waals surface area contributed by atoms with Gasteiger partial charge in [-0.15, -0.1) is 0 Å². The highest BCUT2D eigenvalue weighted by molar-refractivity contribution is 7.45. The van der Waals surface area contributed by atoms with Crippen molar-refractivity contribution in [3.63, 3.8) is 0 Å². The van der Waals surface area contributed by atoms with Crippen molar-refractivity contribution >= 4 is 19.8 Å². The van der Waals surface area contributed by atoms with Gasteiger partial charge in [-0.25, -0.2) is 0 Å². The van der Waals surface area contributed by atoms with Crippen molar-refractivity contribution < 1.29 is 52.3 Å². The van der Waals surface area contributed by atoms with E-state index in [2.05, 4.69) is 74.6 Å². The number of carbonyl (C=O) groups excluding carboxylic acids is 2. The van der Waals surface area contributed by atoms with Gasteiger partial charge in [0.05, 0.1) is 40.0 Å². The summed E-state index contributed by atoms with van der Waals surface area (Å²) in [6, 6.07) is 0. The smallest absolute Gasteiger partial charge is 0.306 e. The third-order valence-corrected chi connectivity index (χ3v) is 11.1. The van der Waals surface area contributed by atoms with Crippen LogP contribution < -0.4 is 4.89 Å².